The number of para-hydroxylation sites is 2. The van der Waals surface area contributed by atoms with Gasteiger partial charge < -0.3 is 4.42 Å². The normalized spacial score (nSPS) is 13.9. The predicted molar refractivity (Wildman–Crippen MR) is 124 cm³/mol. The molecule has 150 valence electrons. The second-order valence-corrected chi connectivity index (χ2v) is 7.49. The van der Waals surface area contributed by atoms with Gasteiger partial charge in [0.25, 0.3) is 0 Å². The van der Waals surface area contributed by atoms with Gasteiger partial charge in [0, 0.05) is 0 Å². The van der Waals surface area contributed by atoms with Gasteiger partial charge in [-0.2, -0.15) is 0 Å². The molecule has 0 fully saturated rings. The van der Waals surface area contributed by atoms with Crippen LogP contribution in [0.5, 0.6) is 0 Å². The maximum atomic E-state index is 5.88. The van der Waals surface area contributed by atoms with Crippen LogP contribution in [0.4, 0.5) is 11.4 Å². The number of hydrogen-bond acceptors (Lipinski definition) is 3. The first kappa shape index (κ1) is 20.8. The zero-order chi connectivity index (χ0) is 20.6. The van der Waals surface area contributed by atoms with Crippen molar-refractivity contribution in [2.45, 2.75) is 52.4 Å². The number of nitrogens with zero attached hydrogens (tertiary/aromatic N) is 2. The molecule has 2 atom stereocenters. The average Bonchev–Trinajstić information content (AvgIpc) is 3.23. The SMILES string of the molecule is CCC(C)c1ccccc1N=Cc1ccc(C=Nc2ccccc2C(C)CC)o1. The van der Waals surface area contributed by atoms with Crippen LogP contribution in [0.2, 0.25) is 0 Å². The Labute approximate surface area is 174 Å². The van der Waals surface area contributed by atoms with Crippen molar-refractivity contribution >= 4 is 23.8 Å². The van der Waals surface area contributed by atoms with Gasteiger partial charge in [0.15, 0.2) is 0 Å². The number of rotatable bonds is 8. The van der Waals surface area contributed by atoms with Crippen molar-refractivity contribution in [2.75, 3.05) is 0 Å². The summed E-state index contributed by atoms with van der Waals surface area (Å²) in [6.07, 6.45) is 5.75. The van der Waals surface area contributed by atoms with E-state index in [-0.39, 0.29) is 0 Å². The third-order valence-electron chi connectivity index (χ3n) is 5.47. The van der Waals surface area contributed by atoms with Crippen LogP contribution in [0.15, 0.2) is 75.1 Å². The third kappa shape index (κ3) is 5.32. The summed E-state index contributed by atoms with van der Waals surface area (Å²) >= 11 is 0. The molecule has 0 bridgehead atoms. The molecule has 1 heterocycles. The molecular weight excluding hydrogens is 356 g/mol. The van der Waals surface area contributed by atoms with Gasteiger partial charge in [0.05, 0.1) is 23.8 Å². The van der Waals surface area contributed by atoms with Gasteiger partial charge in [-0.05, 0) is 60.1 Å². The van der Waals surface area contributed by atoms with Crippen LogP contribution < -0.4 is 0 Å². The van der Waals surface area contributed by atoms with Gasteiger partial charge >= 0.3 is 0 Å². The lowest BCUT2D eigenvalue weighted by Gasteiger charge is -2.11. The number of aliphatic imine (C=N–C) groups is 2. The lowest BCUT2D eigenvalue weighted by Crippen LogP contribution is -1.91. The summed E-state index contributed by atoms with van der Waals surface area (Å²) in [5.74, 6) is 2.41. The first-order chi connectivity index (χ1) is 14.1. The molecule has 0 aliphatic heterocycles. The van der Waals surface area contributed by atoms with Crippen LogP contribution in [0.1, 0.15) is 75.0 Å². The van der Waals surface area contributed by atoms with Gasteiger partial charge in [0.1, 0.15) is 11.5 Å². The standard InChI is InChI=1S/C26H30N2O/c1-5-19(3)23-11-7-9-13-25(23)27-17-21-15-16-22(29-21)18-28-26-14-10-8-12-24(26)20(4)6-2/h7-20H,5-6H2,1-4H3. The van der Waals surface area contributed by atoms with E-state index in [0.29, 0.717) is 11.8 Å². The Morgan fingerprint density at radius 1 is 0.690 bits per heavy atom. The summed E-state index contributed by atoms with van der Waals surface area (Å²) in [6.45, 7) is 8.85. The van der Waals surface area contributed by atoms with Gasteiger partial charge in [-0.1, -0.05) is 64.1 Å². The Morgan fingerprint density at radius 3 is 1.52 bits per heavy atom. The van der Waals surface area contributed by atoms with E-state index in [1.54, 1.807) is 12.4 Å². The van der Waals surface area contributed by atoms with Crippen LogP contribution in [-0.4, -0.2) is 12.4 Å². The summed E-state index contributed by atoms with van der Waals surface area (Å²) in [6, 6.07) is 20.4. The van der Waals surface area contributed by atoms with Crippen LogP contribution in [0.3, 0.4) is 0 Å². The van der Waals surface area contributed by atoms with Crippen molar-refractivity contribution in [3.8, 4) is 0 Å². The molecule has 3 rings (SSSR count). The van der Waals surface area contributed by atoms with Crippen molar-refractivity contribution in [1.82, 2.24) is 0 Å². The van der Waals surface area contributed by atoms with E-state index in [0.717, 1.165) is 35.7 Å². The Balaban J connectivity index is 1.76. The monoisotopic (exact) mass is 386 g/mol. The summed E-state index contributed by atoms with van der Waals surface area (Å²) < 4.78 is 5.88. The fourth-order valence-electron chi connectivity index (χ4n) is 3.26. The van der Waals surface area contributed by atoms with Crippen LogP contribution >= 0.6 is 0 Å². The molecular formula is C26H30N2O. The molecule has 0 radical (unpaired) electrons. The molecule has 3 aromatic rings. The fraction of sp³-hybridized carbons (Fsp3) is 0.308. The largest absolute Gasteiger partial charge is 0.454 e. The predicted octanol–water partition coefficient (Wildman–Crippen LogP) is 7.81. The third-order valence-corrected chi connectivity index (χ3v) is 5.47. The quantitative estimate of drug-likeness (QED) is 0.364. The summed E-state index contributed by atoms with van der Waals surface area (Å²) in [4.78, 5) is 9.32. The zero-order valence-corrected chi connectivity index (χ0v) is 17.8. The van der Waals surface area contributed by atoms with Gasteiger partial charge in [-0.25, -0.2) is 0 Å². The minimum atomic E-state index is 0.480. The molecule has 0 N–H and O–H groups in total. The molecule has 0 aliphatic rings. The maximum absolute atomic E-state index is 5.88. The van der Waals surface area contributed by atoms with E-state index < -0.39 is 0 Å². The highest BCUT2D eigenvalue weighted by Crippen LogP contribution is 2.29. The van der Waals surface area contributed by atoms with E-state index in [4.69, 9.17) is 4.42 Å². The van der Waals surface area contributed by atoms with E-state index in [1.807, 2.05) is 24.3 Å². The Bertz CT molecular complexity index is 906. The first-order valence-corrected chi connectivity index (χ1v) is 10.5. The second kappa shape index (κ2) is 10.0. The molecule has 0 saturated heterocycles. The molecule has 0 saturated carbocycles. The molecule has 0 spiro atoms. The number of hydrogen-bond donors (Lipinski definition) is 0. The highest BCUT2D eigenvalue weighted by atomic mass is 16.3. The Morgan fingerprint density at radius 2 is 1.10 bits per heavy atom. The number of furan rings is 1. The zero-order valence-electron chi connectivity index (χ0n) is 17.8. The molecule has 3 heteroatoms. The van der Waals surface area contributed by atoms with Crippen molar-refractivity contribution in [2.24, 2.45) is 9.98 Å². The average molecular weight is 387 g/mol. The van der Waals surface area contributed by atoms with Gasteiger partial charge in [-0.15, -0.1) is 0 Å². The molecule has 29 heavy (non-hydrogen) atoms. The van der Waals surface area contributed by atoms with E-state index in [9.17, 15) is 0 Å². The van der Waals surface area contributed by atoms with Crippen molar-refractivity contribution in [1.29, 1.82) is 0 Å². The summed E-state index contributed by atoms with van der Waals surface area (Å²) in [5.41, 5.74) is 4.52. The van der Waals surface area contributed by atoms with Gasteiger partial charge in [-0.3, -0.25) is 9.98 Å². The number of benzene rings is 2. The minimum absolute atomic E-state index is 0.480. The fourth-order valence-corrected chi connectivity index (χ4v) is 3.26. The Kier molecular flexibility index (Phi) is 7.18. The molecule has 0 aliphatic carbocycles. The molecule has 2 aromatic carbocycles. The first-order valence-electron chi connectivity index (χ1n) is 10.5. The second-order valence-electron chi connectivity index (χ2n) is 7.49. The minimum Gasteiger partial charge on any atom is -0.454 e. The van der Waals surface area contributed by atoms with Crippen molar-refractivity contribution in [3.63, 3.8) is 0 Å². The highest BCUT2D eigenvalue weighted by Gasteiger charge is 2.08. The van der Waals surface area contributed by atoms with Gasteiger partial charge in [0.2, 0.25) is 0 Å². The lowest BCUT2D eigenvalue weighted by atomic mass is 9.97. The summed E-state index contributed by atoms with van der Waals surface area (Å²) in [7, 11) is 0. The maximum Gasteiger partial charge on any atom is 0.145 e. The van der Waals surface area contributed by atoms with Crippen LogP contribution in [-0.2, 0) is 0 Å². The molecule has 3 nitrogen and oxygen atoms in total. The Hall–Kier alpha value is -2.94. The molecule has 2 unspecified atom stereocenters. The van der Waals surface area contributed by atoms with E-state index in [2.05, 4.69) is 74.1 Å². The molecule has 0 amide bonds. The lowest BCUT2D eigenvalue weighted by molar-refractivity contribution is 0.553. The van der Waals surface area contributed by atoms with Crippen molar-refractivity contribution < 1.29 is 4.42 Å². The molecule has 1 aromatic heterocycles. The van der Waals surface area contributed by atoms with Crippen LogP contribution in [0, 0.1) is 0 Å². The van der Waals surface area contributed by atoms with E-state index in [1.165, 1.54) is 11.1 Å². The van der Waals surface area contributed by atoms with E-state index >= 15 is 0 Å². The summed E-state index contributed by atoms with van der Waals surface area (Å²) in [5, 5.41) is 0. The topological polar surface area (TPSA) is 37.9 Å². The smallest absolute Gasteiger partial charge is 0.145 e. The van der Waals surface area contributed by atoms with Crippen LogP contribution in [0.25, 0.3) is 0 Å². The highest BCUT2D eigenvalue weighted by molar-refractivity contribution is 5.83. The van der Waals surface area contributed by atoms with Crippen molar-refractivity contribution in [3.05, 3.63) is 83.3 Å².